The van der Waals surface area contributed by atoms with Crippen molar-refractivity contribution in [2.75, 3.05) is 148 Å². The number of aliphatic carboxylic acids is 4. The number of para-hydroxylation sites is 2. The van der Waals surface area contributed by atoms with Gasteiger partial charge in [-0.1, -0.05) is 24.3 Å². The van der Waals surface area contributed by atoms with E-state index in [0.717, 1.165) is 0 Å². The quantitative estimate of drug-likeness (QED) is 0.0408. The van der Waals surface area contributed by atoms with Crippen LogP contribution in [0.25, 0.3) is 21.8 Å². The van der Waals surface area contributed by atoms with Crippen molar-refractivity contribution in [1.82, 2.24) is 64.7 Å². The number of carboxylic acids is 4. The number of nitriles is 2. The van der Waals surface area contributed by atoms with Gasteiger partial charge in [-0.15, -0.1) is 0 Å². The van der Waals surface area contributed by atoms with Gasteiger partial charge >= 0.3 is 23.9 Å². The van der Waals surface area contributed by atoms with Crippen LogP contribution in [-0.4, -0.2) is 319 Å². The van der Waals surface area contributed by atoms with E-state index in [1.807, 2.05) is 0 Å². The molecule has 34 nitrogen and oxygen atoms in total. The van der Waals surface area contributed by atoms with Crippen molar-refractivity contribution >= 4 is 110 Å². The lowest BCUT2D eigenvalue weighted by Gasteiger charge is -2.35. The molecule has 4 fully saturated rings. The molecule has 6 heterocycles. The van der Waals surface area contributed by atoms with Gasteiger partial charge in [0.15, 0.2) is 0 Å². The number of fused-ring (bicyclic) bond motifs is 2. The fraction of sp³-hybridized carbons (Fsp3) is 0.507. The topological polar surface area (TPSA) is 453 Å². The lowest BCUT2D eigenvalue weighted by Crippen LogP contribution is -2.52. The number of nitrogens with zero attached hydrogens (tertiary/aromatic N) is 13. The maximum atomic E-state index is 14.5. The summed E-state index contributed by atoms with van der Waals surface area (Å²) in [7, 11) is 0. The van der Waals surface area contributed by atoms with Crippen molar-refractivity contribution in [2.24, 2.45) is 0 Å². The summed E-state index contributed by atoms with van der Waals surface area (Å²) in [4.78, 5) is 192. The fourth-order valence-electron chi connectivity index (χ4n) is 12.8. The number of pyridine rings is 2. The van der Waals surface area contributed by atoms with Crippen LogP contribution in [0.15, 0.2) is 60.9 Å². The van der Waals surface area contributed by atoms with Crippen molar-refractivity contribution < 1.29 is 100 Å². The van der Waals surface area contributed by atoms with E-state index >= 15 is 0 Å². The SMILES string of the molecule is N#C[C@@H]1CC(F)(F)CN1C(=O)CNC(=O)c1ccnc2c(NC(=O)CCC(=O)N3CCN(C(=O)CCC(=O)Nc4cccc5c(C(=O)NCC(=O)N6CC(F)(F)C[C@H]6C#N)ccnc45)CCN(C(=O)CCC(C(=O)O)N4CCN(CC(=O)O)CCN(CC(=O)O)CCN(CC(=O)O)CC4)CC3)cccc12. The molecule has 0 saturated carbocycles. The Bertz CT molecular complexity index is 3840. The number of hydrogen-bond donors (Lipinski definition) is 8. The van der Waals surface area contributed by atoms with Crippen LogP contribution < -0.4 is 21.3 Å². The number of benzene rings is 2. The Balaban J connectivity index is 0.953. The second-order valence-electron chi connectivity index (χ2n) is 25.6. The molecule has 2 aromatic carbocycles. The van der Waals surface area contributed by atoms with Crippen molar-refractivity contribution in [2.45, 2.75) is 81.3 Å². The van der Waals surface area contributed by atoms with E-state index in [9.17, 15) is 111 Å². The van der Waals surface area contributed by atoms with E-state index in [4.69, 9.17) is 0 Å². The van der Waals surface area contributed by atoms with Gasteiger partial charge in [0.05, 0.1) is 91.5 Å². The second-order valence-corrected chi connectivity index (χ2v) is 25.6. The van der Waals surface area contributed by atoms with Crippen LogP contribution in [0.2, 0.25) is 0 Å². The molecule has 4 aliphatic heterocycles. The van der Waals surface area contributed by atoms with E-state index in [2.05, 4.69) is 31.2 Å². The van der Waals surface area contributed by atoms with Gasteiger partial charge in [0, 0.05) is 160 Å². The monoisotopic (exact) mass is 1470 g/mol. The Morgan fingerprint density at radius 1 is 0.476 bits per heavy atom. The lowest BCUT2D eigenvalue weighted by molar-refractivity contribution is -0.145. The first-order valence-electron chi connectivity index (χ1n) is 33.6. The maximum absolute atomic E-state index is 14.5. The highest BCUT2D eigenvalue weighted by Crippen LogP contribution is 2.34. The van der Waals surface area contributed by atoms with Gasteiger partial charge < -0.3 is 66.2 Å². The number of alkyl halides is 4. The number of amides is 9. The molecule has 3 atom stereocenters. The normalized spacial score (nSPS) is 18.9. The van der Waals surface area contributed by atoms with Gasteiger partial charge in [0.25, 0.3) is 23.7 Å². The fourth-order valence-corrected chi connectivity index (χ4v) is 12.8. The van der Waals surface area contributed by atoms with Crippen LogP contribution >= 0.6 is 0 Å². The molecule has 9 amide bonds. The van der Waals surface area contributed by atoms with Crippen LogP contribution in [0.4, 0.5) is 28.9 Å². The first-order valence-corrected chi connectivity index (χ1v) is 33.6. The van der Waals surface area contributed by atoms with Gasteiger partial charge in [-0.25, -0.2) is 17.6 Å². The molecule has 2 aromatic heterocycles. The van der Waals surface area contributed by atoms with Crippen LogP contribution in [0.3, 0.4) is 0 Å². The molecule has 4 aromatic rings. The summed E-state index contributed by atoms with van der Waals surface area (Å²) < 4.78 is 56.3. The third-order valence-corrected chi connectivity index (χ3v) is 18.3. The number of hydrogen-bond acceptors (Lipinski definition) is 21. The minimum atomic E-state index is -3.29. The number of halogens is 4. The molecule has 8 rings (SSSR count). The van der Waals surface area contributed by atoms with Crippen LogP contribution in [0, 0.1) is 22.7 Å². The van der Waals surface area contributed by atoms with Gasteiger partial charge in [0.2, 0.25) is 41.4 Å². The van der Waals surface area contributed by atoms with Gasteiger partial charge in [0.1, 0.15) is 18.1 Å². The van der Waals surface area contributed by atoms with Crippen LogP contribution in [0.5, 0.6) is 0 Å². The smallest absolute Gasteiger partial charge is 0.320 e. The number of carbonyl (C=O) groups excluding carboxylic acids is 9. The van der Waals surface area contributed by atoms with E-state index in [-0.39, 0.29) is 142 Å². The van der Waals surface area contributed by atoms with Crippen LogP contribution in [-0.2, 0) is 52.7 Å². The predicted octanol–water partition coefficient (Wildman–Crippen LogP) is 0.108. The summed E-state index contributed by atoms with van der Waals surface area (Å²) in [5.41, 5.74) is 0.417. The Morgan fingerprint density at radius 2 is 0.829 bits per heavy atom. The van der Waals surface area contributed by atoms with Gasteiger partial charge in [-0.3, -0.25) is 91.9 Å². The van der Waals surface area contributed by atoms with Gasteiger partial charge in [-0.05, 0) is 30.7 Å². The van der Waals surface area contributed by atoms with E-state index in [1.54, 1.807) is 12.1 Å². The standard InChI is InChI=1S/C67H79F4N17O17/c68-66(69)31-42(33-72)87(40-66)56(94)35-76-63(102)46-13-15-74-61-44(46)3-1-5-48(61)78-51(89)8-11-54(92)85-27-25-84(53(91)10-7-50(65(104)105)83-23-21-81(38-59(98)99)19-17-80(37-58(96)97)18-20-82(22-24-83)39-60(100)101)26-28-86(30-29-85)55(93)12-9-52(90)79-49-6-2-4-45-47(14-16-75-62(45)49)64(103)77-36-57(95)88-41-67(70,71)32-43(88)34-73/h1-6,13-16,42-43,50H,7-12,17-32,35-41H2,(H,76,102)(H,77,103)(H,78,89)(H,79,90)(H,96,97)(H,98,99)(H,100,101)(H,104,105)/t42-,43-,50?/m0/s1. The molecule has 562 valence electrons. The summed E-state index contributed by atoms with van der Waals surface area (Å²) >= 11 is 0. The molecule has 0 radical (unpaired) electrons. The number of carboxylic acid groups (broad SMARTS) is 4. The first kappa shape index (κ1) is 79.6. The van der Waals surface area contributed by atoms with E-state index < -0.39 is 198 Å². The first-order chi connectivity index (χ1) is 49.9. The molecule has 4 aliphatic rings. The number of carbonyl (C=O) groups is 13. The maximum Gasteiger partial charge on any atom is 0.320 e. The number of likely N-dealkylation sites (tertiary alicyclic amines) is 2. The highest BCUT2D eigenvalue weighted by Gasteiger charge is 2.48. The van der Waals surface area contributed by atoms with Gasteiger partial charge in [-0.2, -0.15) is 10.5 Å². The molecule has 0 aliphatic carbocycles. The van der Waals surface area contributed by atoms with Crippen molar-refractivity contribution in [3.05, 3.63) is 72.1 Å². The Labute approximate surface area is 597 Å². The lowest BCUT2D eigenvalue weighted by atomic mass is 10.1. The summed E-state index contributed by atoms with van der Waals surface area (Å²) in [6, 6.07) is 10.7. The number of anilines is 2. The molecule has 1 unspecified atom stereocenters. The summed E-state index contributed by atoms with van der Waals surface area (Å²) in [6.07, 6.45) is -1.73. The van der Waals surface area contributed by atoms with Crippen molar-refractivity contribution in [3.63, 3.8) is 0 Å². The molecule has 38 heteroatoms. The number of aromatic nitrogens is 2. The molecular weight excluding hydrogens is 1390 g/mol. The molecule has 0 spiro atoms. The predicted molar refractivity (Wildman–Crippen MR) is 359 cm³/mol. The third-order valence-electron chi connectivity index (χ3n) is 18.3. The highest BCUT2D eigenvalue weighted by atomic mass is 19.3. The average molecular weight is 1470 g/mol. The zero-order chi connectivity index (χ0) is 76.3. The minimum absolute atomic E-state index is 0.0126. The highest BCUT2D eigenvalue weighted by molar-refractivity contribution is 6.12. The molecule has 8 N–H and O–H groups in total. The van der Waals surface area contributed by atoms with Crippen LogP contribution in [0.1, 0.15) is 72.1 Å². The number of rotatable bonds is 25. The Morgan fingerprint density at radius 3 is 1.17 bits per heavy atom. The molecule has 4 saturated heterocycles. The zero-order valence-corrected chi connectivity index (χ0v) is 56.9. The summed E-state index contributed by atoms with van der Waals surface area (Å²) in [6.45, 7) is -5.74. The average Bonchev–Trinajstić information content (AvgIpc) is 1.66. The summed E-state index contributed by atoms with van der Waals surface area (Å²) in [5.74, 6) is -18.2. The third kappa shape index (κ3) is 22.5. The molecule has 0 bridgehead atoms. The molecule has 105 heavy (non-hydrogen) atoms. The zero-order valence-electron chi connectivity index (χ0n) is 56.9. The number of nitrogens with one attached hydrogen (secondary N) is 4. The minimum Gasteiger partial charge on any atom is -0.480 e. The second kappa shape index (κ2) is 36.4. The van der Waals surface area contributed by atoms with Crippen molar-refractivity contribution in [3.8, 4) is 12.1 Å². The Hall–Kier alpha value is -11.1. The van der Waals surface area contributed by atoms with E-state index in [1.165, 1.54) is 95.2 Å². The van der Waals surface area contributed by atoms with Crippen molar-refractivity contribution in [1.29, 1.82) is 10.5 Å². The largest absolute Gasteiger partial charge is 0.480 e. The summed E-state index contributed by atoms with van der Waals surface area (Å²) in [5, 5.41) is 69.1. The molecular formula is C67H79F4N17O17. The Kier molecular flexibility index (Phi) is 27.6. The van der Waals surface area contributed by atoms with E-state index in [0.29, 0.717) is 9.80 Å².